The van der Waals surface area contributed by atoms with Gasteiger partial charge in [0.05, 0.1) is 107 Å². The molecule has 0 atom stereocenters. The minimum absolute atomic E-state index is 0. The van der Waals surface area contributed by atoms with Crippen LogP contribution in [-0.4, -0.2) is 154 Å². The number of aliphatic hydroxyl groups is 3. The summed E-state index contributed by atoms with van der Waals surface area (Å²) in [7, 11) is 9.36. The number of thioether (sulfide) groups is 2. The monoisotopic (exact) mass is 1750 g/mol. The Morgan fingerprint density at radius 2 is 0.905 bits per heavy atom. The molecule has 0 unspecified atom stereocenters. The first-order valence-electron chi connectivity index (χ1n) is 29.0. The van der Waals surface area contributed by atoms with E-state index in [4.69, 9.17) is 64.4 Å². The molecule has 45 heteroatoms. The van der Waals surface area contributed by atoms with Crippen LogP contribution < -0.4 is 154 Å². The fraction of sp³-hybridized carbons (Fsp3) is 0.450. The Morgan fingerprint density at radius 1 is 0.581 bits per heavy atom. The van der Waals surface area contributed by atoms with E-state index in [1.165, 1.54) is 59.4 Å². The van der Waals surface area contributed by atoms with Crippen LogP contribution in [0.1, 0.15) is 140 Å². The molecule has 3 radical (unpaired) electrons. The van der Waals surface area contributed by atoms with Crippen molar-refractivity contribution in [3.63, 3.8) is 0 Å². The van der Waals surface area contributed by atoms with Gasteiger partial charge in [-0.2, -0.15) is 0 Å². The number of aromatic amines is 5. The number of H-pyrrole nitrogens is 5. The molecule has 577 valence electrons. The van der Waals surface area contributed by atoms with Crippen LogP contribution in [0.25, 0.3) is 0 Å². The van der Waals surface area contributed by atoms with Crippen molar-refractivity contribution < 1.29 is 179 Å². The van der Waals surface area contributed by atoms with Gasteiger partial charge in [0.25, 0.3) is 23.2 Å². The van der Waals surface area contributed by atoms with Gasteiger partial charge in [-0.1, -0.05) is 31.0 Å². The van der Waals surface area contributed by atoms with Crippen molar-refractivity contribution in [2.75, 3.05) is 19.6 Å². The number of rotatable bonds is 16. The summed E-state index contributed by atoms with van der Waals surface area (Å²) in [6, 6.07) is 4.44. The first-order valence-corrected chi connectivity index (χ1v) is 35.8. The van der Waals surface area contributed by atoms with Gasteiger partial charge in [0.15, 0.2) is 27.7 Å². The molecule has 0 aliphatic carbocycles. The van der Waals surface area contributed by atoms with Gasteiger partial charge in [-0.15, -0.1) is 59.6 Å². The van der Waals surface area contributed by atoms with E-state index in [1.807, 2.05) is 90.4 Å². The van der Waals surface area contributed by atoms with Gasteiger partial charge in [-0.3, -0.25) is 33.8 Å². The van der Waals surface area contributed by atoms with Crippen molar-refractivity contribution in [3.05, 3.63) is 177 Å². The summed E-state index contributed by atoms with van der Waals surface area (Å²) in [5, 5.41) is 32.8. The van der Waals surface area contributed by atoms with Gasteiger partial charge < -0.3 is 71.1 Å². The number of halogens is 7. The predicted octanol–water partition coefficient (Wildman–Crippen LogP) is 1.19. The SMILES string of the molecule is C.CCn1cnc(C)c1C=O.CCn1cnc(C)c1CCl.CCn1cnc(C)c1CO.CCn1cnc(C)c1CSc1nc(C)cc(=O)[nH]1.CCn1cnc(C)c1CSc1nc(C)cc(=O)[nH]1.CO.CO.Cc1[nH]cnc1C=O.Cc1cc(=O)[nH]c(=S)[nH]1.Cl.Cl.ClCCl.O=CO[O-].O=S(Cl)Cl.[B].[H-].[H-].[K+].[K+].[Na+]. The van der Waals surface area contributed by atoms with Crippen molar-refractivity contribution in [1.29, 1.82) is 0 Å². The van der Waals surface area contributed by atoms with Gasteiger partial charge in [-0.05, 0) is 109 Å². The second-order valence-electron chi connectivity index (χ2n) is 18.4. The summed E-state index contributed by atoms with van der Waals surface area (Å²) >= 11 is 22.9. The number of nitrogens with one attached hydrogen (secondary N) is 5. The fourth-order valence-corrected chi connectivity index (χ4v) is 10.0. The predicted molar refractivity (Wildman–Crippen MR) is 417 cm³/mol. The molecule has 0 spiro atoms. The quantitative estimate of drug-likeness (QED) is 0.00775. The fourth-order valence-electron chi connectivity index (χ4n) is 7.37. The van der Waals surface area contributed by atoms with Crippen molar-refractivity contribution in [1.82, 2.24) is 87.6 Å². The number of carbonyl (C=O) groups is 3. The Hall–Kier alpha value is -2.01. The van der Waals surface area contributed by atoms with Crippen LogP contribution >= 0.6 is 117 Å². The number of aliphatic hydroxyl groups excluding tert-OH is 3. The number of alkyl halides is 3. The summed E-state index contributed by atoms with van der Waals surface area (Å²) in [6.45, 7) is 31.5. The molecule has 9 aromatic heterocycles. The summed E-state index contributed by atoms with van der Waals surface area (Å²) in [5.41, 5.74) is 13.1. The number of aryl methyl sites for hydroxylation is 14. The Morgan fingerprint density at radius 3 is 1.15 bits per heavy atom. The molecule has 0 aromatic carbocycles. The Balaban J connectivity index is -0.0000000955. The zero-order valence-corrected chi connectivity index (χ0v) is 78.7. The second-order valence-corrected chi connectivity index (χ2v) is 24.3. The van der Waals surface area contributed by atoms with Crippen LogP contribution in [0.4, 0.5) is 0 Å². The molecule has 0 bridgehead atoms. The van der Waals surface area contributed by atoms with Crippen LogP contribution in [0.5, 0.6) is 0 Å². The molecule has 0 amide bonds. The van der Waals surface area contributed by atoms with E-state index >= 15 is 0 Å². The molecule has 0 saturated heterocycles. The largest absolute Gasteiger partial charge is 1.00 e. The summed E-state index contributed by atoms with van der Waals surface area (Å²) in [6.07, 6.45) is 12.0. The van der Waals surface area contributed by atoms with Crippen LogP contribution in [-0.2, 0) is 75.6 Å². The van der Waals surface area contributed by atoms with Crippen LogP contribution in [0, 0.1) is 67.1 Å². The minimum atomic E-state index is -1.67. The zero-order chi connectivity index (χ0) is 75.5. The molecule has 9 aromatic rings. The third-order valence-electron chi connectivity index (χ3n) is 12.1. The maximum atomic E-state index is 11.3. The smallest absolute Gasteiger partial charge is 1.00 e. The van der Waals surface area contributed by atoms with Crippen LogP contribution in [0.15, 0.2) is 80.9 Å². The normalized spacial score (nSPS) is 8.93. The summed E-state index contributed by atoms with van der Waals surface area (Å²) in [5.74, 6) is 2.07. The molecule has 0 aliphatic heterocycles. The number of hydrogen-bond donors (Lipinski definition) is 8. The van der Waals surface area contributed by atoms with E-state index in [1.54, 1.807) is 26.5 Å². The number of carbonyl (C=O) groups excluding carboxylic acids is 3. The number of aldehydes is 2. The third-order valence-corrected chi connectivity index (χ3v) is 14.3. The van der Waals surface area contributed by atoms with E-state index in [0.29, 0.717) is 32.4 Å². The Kier molecular flexibility index (Phi) is 89.7. The van der Waals surface area contributed by atoms with Crippen LogP contribution in [0.3, 0.4) is 0 Å². The van der Waals surface area contributed by atoms with Crippen LogP contribution in [0.2, 0.25) is 0 Å². The molecule has 0 fully saturated rings. The van der Waals surface area contributed by atoms with Gasteiger partial charge in [-0.25, -0.2) is 44.1 Å². The molecule has 9 heterocycles. The van der Waals surface area contributed by atoms with Gasteiger partial charge in [0.2, 0.25) is 9.23 Å². The molecule has 0 aliphatic rings. The number of aromatic nitrogens is 18. The molecule has 0 saturated carbocycles. The van der Waals surface area contributed by atoms with Crippen molar-refractivity contribution in [3.8, 4) is 0 Å². The molecule has 105 heavy (non-hydrogen) atoms. The zero-order valence-electron chi connectivity index (χ0n) is 63.7. The second kappa shape index (κ2) is 76.0. The molecule has 30 nitrogen and oxygen atoms in total. The van der Waals surface area contributed by atoms with Crippen molar-refractivity contribution in [2.45, 2.75) is 171 Å². The van der Waals surface area contributed by atoms with E-state index in [9.17, 15) is 24.0 Å². The first kappa shape index (κ1) is 124. The topological polar surface area (TPSA) is 419 Å². The minimum Gasteiger partial charge on any atom is -1.00 e. The average molecular weight is 1750 g/mol. The summed E-state index contributed by atoms with van der Waals surface area (Å²) in [4.78, 5) is 111. The number of hydrogen-bond acceptors (Lipinski definition) is 23. The van der Waals surface area contributed by atoms with Crippen molar-refractivity contribution >= 4 is 153 Å². The number of imidazole rings is 6. The van der Waals surface area contributed by atoms with E-state index in [2.05, 4.69) is 138 Å². The van der Waals surface area contributed by atoms with Gasteiger partial charge >= 0.3 is 132 Å². The molecular formula is C60H96BCl7K2N18NaO12S4. The standard InChI is InChI=1S/2C12H16N4OS.C7H11ClN2.C7H12N2O.C7H10N2O.C5H6N2OS.C5H6N2O.CH2Cl2.CH2O3.2CH4O.CH4.B.Cl2OS.2ClH.2K.Na.2H/c2*1-4-16-7-13-9(3)10(16)6-18-12-14-8(2)5-11(17)15-12;1-3-10-5-9-6(2)7(10)4-8;2*1-3-9-5-8-6(2)7(9)4-10;1-3-2-4(8)7-5(9)6-3;1-4-5(2-8)7-3-6-4;2-1-3;2-1-4-3;2*1-2;;;1-4(2)3;;;;;;;/h2*5,7H,4,6H2,1-3H3,(H,14,15,17);5H,3-4H2,1-2H3;5,10H,3-4H2,1-2H3;4-5H,3H2,1-2H3;2H,1H3,(H2,6,7,8,9);2-3H,1H3,(H,6,7);1H2;1,3H;2*2H,1H3;1H4;;;2*1H;;;;;/q;;;;;;;;;;;;;;;;3*+1;2*-1/p-1. The van der Waals surface area contributed by atoms with Gasteiger partial charge in [0, 0.05) is 129 Å². The first-order chi connectivity index (χ1) is 46.7. The maximum Gasteiger partial charge on any atom is 1.00 e. The molecule has 9 rings (SSSR count). The number of nitrogens with zero attached hydrogens (tertiary/aromatic N) is 13. The molecular weight excluding hydrogens is 1650 g/mol. The van der Waals surface area contributed by atoms with E-state index < -0.39 is 9.23 Å². The average Bonchev–Trinajstić information content (AvgIpc) is 1.78. The van der Waals surface area contributed by atoms with E-state index in [0.717, 1.165) is 134 Å². The third kappa shape index (κ3) is 53.6. The Bertz CT molecular complexity index is 3790. The Labute approximate surface area is 777 Å². The van der Waals surface area contributed by atoms with Crippen molar-refractivity contribution in [2.24, 2.45) is 0 Å². The molecule has 8 N–H and O–H groups in total. The van der Waals surface area contributed by atoms with Gasteiger partial charge in [0.1, 0.15) is 11.4 Å². The van der Waals surface area contributed by atoms with E-state index in [-0.39, 0.29) is 211 Å². The summed E-state index contributed by atoms with van der Waals surface area (Å²) < 4.78 is 19.5. The maximum absolute atomic E-state index is 11.3.